The summed E-state index contributed by atoms with van der Waals surface area (Å²) in [5.41, 5.74) is 7.20. The third kappa shape index (κ3) is 4.42. The topological polar surface area (TPSA) is 64.9 Å². The quantitative estimate of drug-likeness (QED) is 0.877. The van der Waals surface area contributed by atoms with Crippen LogP contribution < -0.4 is 5.73 Å². The Balaban J connectivity index is 1.97. The van der Waals surface area contributed by atoms with E-state index in [2.05, 4.69) is 39.9 Å². The van der Waals surface area contributed by atoms with Crippen molar-refractivity contribution >= 4 is 15.9 Å². The number of hydrogen-bond acceptors (Lipinski definition) is 4. The number of benzene rings is 1. The molecule has 0 radical (unpaired) electrons. The van der Waals surface area contributed by atoms with Crippen LogP contribution in [0.25, 0.3) is 0 Å². The summed E-state index contributed by atoms with van der Waals surface area (Å²) < 4.78 is 6.33. The summed E-state index contributed by atoms with van der Waals surface area (Å²) in [4.78, 5) is 4.42. The maximum Gasteiger partial charge on any atom is 0.228 e. The number of nitrogens with zero attached hydrogens (tertiary/aromatic N) is 2. The average Bonchev–Trinajstić information content (AvgIpc) is 2.78. The Kier molecular flexibility index (Phi) is 5.31. The molecule has 1 atom stereocenters. The molecule has 1 aromatic heterocycles. The number of aromatic nitrogens is 2. The first kappa shape index (κ1) is 15.2. The van der Waals surface area contributed by atoms with Gasteiger partial charge in [0.2, 0.25) is 5.89 Å². The Morgan fingerprint density at radius 3 is 2.75 bits per heavy atom. The molecule has 20 heavy (non-hydrogen) atoms. The van der Waals surface area contributed by atoms with Gasteiger partial charge < -0.3 is 10.3 Å². The number of nitrogens with two attached hydrogens (primary N) is 1. The first-order chi connectivity index (χ1) is 9.54. The van der Waals surface area contributed by atoms with Gasteiger partial charge in [-0.25, -0.2) is 0 Å². The molecule has 0 saturated carbocycles. The van der Waals surface area contributed by atoms with Crippen molar-refractivity contribution in [3.8, 4) is 0 Å². The Labute approximate surface area is 127 Å². The van der Waals surface area contributed by atoms with Crippen molar-refractivity contribution in [1.82, 2.24) is 10.1 Å². The average molecular weight is 338 g/mol. The molecule has 0 aliphatic rings. The maximum atomic E-state index is 6.06. The van der Waals surface area contributed by atoms with E-state index in [9.17, 15) is 0 Å². The summed E-state index contributed by atoms with van der Waals surface area (Å²) in [5.74, 6) is 1.90. The molecule has 0 aliphatic heterocycles. The zero-order valence-electron chi connectivity index (χ0n) is 11.8. The zero-order valence-corrected chi connectivity index (χ0v) is 13.4. The van der Waals surface area contributed by atoms with Gasteiger partial charge in [0.05, 0.1) is 0 Å². The summed E-state index contributed by atoms with van der Waals surface area (Å²) in [7, 11) is 0. The second-order valence-corrected chi connectivity index (χ2v) is 6.32. The molecule has 2 rings (SSSR count). The molecule has 1 unspecified atom stereocenters. The summed E-state index contributed by atoms with van der Waals surface area (Å²) in [6.07, 6.45) is 2.26. The number of hydrogen-bond donors (Lipinski definition) is 1. The molecule has 1 aromatic carbocycles. The summed E-state index contributed by atoms with van der Waals surface area (Å²) in [5, 5.41) is 4.02. The highest BCUT2D eigenvalue weighted by molar-refractivity contribution is 9.10. The van der Waals surface area contributed by atoms with Crippen LogP contribution in [0.3, 0.4) is 0 Å². The summed E-state index contributed by atoms with van der Waals surface area (Å²) >= 11 is 3.52. The molecule has 0 saturated heterocycles. The molecule has 0 fully saturated rings. The molecule has 108 valence electrons. The van der Waals surface area contributed by atoms with E-state index in [0.717, 1.165) is 16.5 Å². The van der Waals surface area contributed by atoms with E-state index in [1.807, 2.05) is 24.3 Å². The zero-order chi connectivity index (χ0) is 14.5. The van der Waals surface area contributed by atoms with Crippen LogP contribution in [0.15, 0.2) is 33.3 Å². The van der Waals surface area contributed by atoms with E-state index in [0.29, 0.717) is 30.5 Å². The second-order valence-electron chi connectivity index (χ2n) is 5.47. The highest BCUT2D eigenvalue weighted by Gasteiger charge is 2.13. The fourth-order valence-electron chi connectivity index (χ4n) is 2.17. The number of halogens is 1. The molecule has 0 aliphatic carbocycles. The minimum Gasteiger partial charge on any atom is -0.339 e. The molecule has 0 amide bonds. The Bertz CT molecular complexity index is 554. The predicted octanol–water partition coefficient (Wildman–Crippen LogP) is 3.34. The lowest BCUT2D eigenvalue weighted by molar-refractivity contribution is 0.355. The van der Waals surface area contributed by atoms with Gasteiger partial charge in [0.1, 0.15) is 0 Å². The highest BCUT2D eigenvalue weighted by atomic mass is 79.9. The molecule has 1 heterocycles. The maximum absolute atomic E-state index is 6.06. The van der Waals surface area contributed by atoms with Gasteiger partial charge in [-0.05, 0) is 24.0 Å². The van der Waals surface area contributed by atoms with E-state index < -0.39 is 0 Å². The van der Waals surface area contributed by atoms with Crippen molar-refractivity contribution < 1.29 is 4.52 Å². The summed E-state index contributed by atoms with van der Waals surface area (Å²) in [6, 6.07) is 8.12. The van der Waals surface area contributed by atoms with E-state index in [-0.39, 0.29) is 6.04 Å². The van der Waals surface area contributed by atoms with Crippen molar-refractivity contribution in [3.05, 3.63) is 46.0 Å². The van der Waals surface area contributed by atoms with Crippen molar-refractivity contribution in [3.63, 3.8) is 0 Å². The SMILES string of the molecule is CC(C)CC(N)Cc1nc(Cc2ccccc2Br)no1. The largest absolute Gasteiger partial charge is 0.339 e. The standard InChI is InChI=1S/C15H20BrN3O/c1-10(2)7-12(17)9-15-18-14(19-20-15)8-11-5-3-4-6-13(11)16/h3-6,10,12H,7-9,17H2,1-2H3. The molecule has 5 heteroatoms. The predicted molar refractivity (Wildman–Crippen MR) is 82.4 cm³/mol. The van der Waals surface area contributed by atoms with Gasteiger partial charge in [-0.2, -0.15) is 4.98 Å². The molecule has 4 nitrogen and oxygen atoms in total. The van der Waals surface area contributed by atoms with Crippen LogP contribution >= 0.6 is 15.9 Å². The third-order valence-corrected chi connectivity index (χ3v) is 3.80. The lowest BCUT2D eigenvalue weighted by Crippen LogP contribution is -2.24. The minimum absolute atomic E-state index is 0.0757. The van der Waals surface area contributed by atoms with Gasteiger partial charge in [0, 0.05) is 23.4 Å². The van der Waals surface area contributed by atoms with Gasteiger partial charge in [0.15, 0.2) is 5.82 Å². The van der Waals surface area contributed by atoms with E-state index in [1.165, 1.54) is 0 Å². The number of rotatable bonds is 6. The first-order valence-corrected chi connectivity index (χ1v) is 7.64. The van der Waals surface area contributed by atoms with Crippen LogP contribution in [-0.2, 0) is 12.8 Å². The van der Waals surface area contributed by atoms with Crippen molar-refractivity contribution in [2.24, 2.45) is 11.7 Å². The van der Waals surface area contributed by atoms with Crippen LogP contribution in [0.1, 0.15) is 37.5 Å². The summed E-state index contributed by atoms with van der Waals surface area (Å²) in [6.45, 7) is 4.32. The van der Waals surface area contributed by atoms with Crippen LogP contribution in [0.5, 0.6) is 0 Å². The molecule has 2 N–H and O–H groups in total. The van der Waals surface area contributed by atoms with Crippen LogP contribution in [-0.4, -0.2) is 16.2 Å². The smallest absolute Gasteiger partial charge is 0.228 e. The third-order valence-electron chi connectivity index (χ3n) is 3.03. The fourth-order valence-corrected chi connectivity index (χ4v) is 2.60. The van der Waals surface area contributed by atoms with Gasteiger partial charge in [0.25, 0.3) is 0 Å². The Morgan fingerprint density at radius 1 is 1.30 bits per heavy atom. The molecule has 0 bridgehead atoms. The van der Waals surface area contributed by atoms with E-state index >= 15 is 0 Å². The van der Waals surface area contributed by atoms with Crippen molar-refractivity contribution in [1.29, 1.82) is 0 Å². The van der Waals surface area contributed by atoms with Gasteiger partial charge >= 0.3 is 0 Å². The lowest BCUT2D eigenvalue weighted by Gasteiger charge is -2.10. The van der Waals surface area contributed by atoms with E-state index in [1.54, 1.807) is 0 Å². The van der Waals surface area contributed by atoms with E-state index in [4.69, 9.17) is 10.3 Å². The van der Waals surface area contributed by atoms with Gasteiger partial charge in [-0.3, -0.25) is 0 Å². The second kappa shape index (κ2) is 6.99. The Hall–Kier alpha value is -1.20. The van der Waals surface area contributed by atoms with Crippen LogP contribution in [0.4, 0.5) is 0 Å². The minimum atomic E-state index is 0.0757. The van der Waals surface area contributed by atoms with Crippen molar-refractivity contribution in [2.75, 3.05) is 0 Å². The molecule has 0 spiro atoms. The fraction of sp³-hybridized carbons (Fsp3) is 0.467. The Morgan fingerprint density at radius 2 is 2.05 bits per heavy atom. The molecule has 2 aromatic rings. The lowest BCUT2D eigenvalue weighted by atomic mass is 10.0. The molecular weight excluding hydrogens is 318 g/mol. The first-order valence-electron chi connectivity index (χ1n) is 6.85. The van der Waals surface area contributed by atoms with Crippen LogP contribution in [0.2, 0.25) is 0 Å². The van der Waals surface area contributed by atoms with Crippen LogP contribution in [0, 0.1) is 5.92 Å². The normalized spacial score (nSPS) is 12.8. The molecular formula is C15H20BrN3O. The van der Waals surface area contributed by atoms with Gasteiger partial charge in [-0.1, -0.05) is 53.1 Å². The monoisotopic (exact) mass is 337 g/mol. The highest BCUT2D eigenvalue weighted by Crippen LogP contribution is 2.18. The van der Waals surface area contributed by atoms with Gasteiger partial charge in [-0.15, -0.1) is 0 Å². The van der Waals surface area contributed by atoms with Crippen molar-refractivity contribution in [2.45, 2.75) is 39.2 Å².